The molecule has 1 N–H and O–H groups in total. The van der Waals surface area contributed by atoms with Gasteiger partial charge in [0, 0.05) is 5.69 Å². The molecule has 34 heavy (non-hydrogen) atoms. The van der Waals surface area contributed by atoms with E-state index >= 15 is 0 Å². The Morgan fingerprint density at radius 2 is 1.56 bits per heavy atom. The van der Waals surface area contributed by atoms with E-state index in [2.05, 4.69) is 5.32 Å². The van der Waals surface area contributed by atoms with Gasteiger partial charge in [0.2, 0.25) is 5.91 Å². The summed E-state index contributed by atoms with van der Waals surface area (Å²) in [6, 6.07) is 16.7. The van der Waals surface area contributed by atoms with Crippen LogP contribution in [0.15, 0.2) is 65.6 Å². The fourth-order valence-corrected chi connectivity index (χ4v) is 5.13. The van der Waals surface area contributed by atoms with Gasteiger partial charge in [-0.1, -0.05) is 41.5 Å². The second-order valence-electron chi connectivity index (χ2n) is 8.13. The summed E-state index contributed by atoms with van der Waals surface area (Å²) in [5.74, 6) is -1.06. The third-order valence-electron chi connectivity index (χ3n) is 5.53. The number of hydrogen-bond donors (Lipinski definition) is 1. The standard InChI is InChI=1S/C26H28N2O5S/c1-17-9-12-21(13-10-17)34(31,32)28(24-14-11-18(2)15-19(24)3)16-25(29)27-23-8-6-7-22(20(23)4)26(30)33-5/h6-15H,16H2,1-5H3,(H,27,29). The number of hydrogen-bond acceptors (Lipinski definition) is 5. The average molecular weight is 481 g/mol. The van der Waals surface area contributed by atoms with Crippen LogP contribution in [0, 0.1) is 27.7 Å². The third-order valence-corrected chi connectivity index (χ3v) is 7.30. The fourth-order valence-electron chi connectivity index (χ4n) is 3.64. The second kappa shape index (κ2) is 10.1. The Bertz CT molecular complexity index is 1330. The summed E-state index contributed by atoms with van der Waals surface area (Å²) in [7, 11) is -2.75. The number of aryl methyl sites for hydroxylation is 3. The van der Waals surface area contributed by atoms with Crippen LogP contribution in [0.25, 0.3) is 0 Å². The zero-order chi connectivity index (χ0) is 25.0. The second-order valence-corrected chi connectivity index (χ2v) is 9.99. The molecule has 8 heteroatoms. The molecular weight excluding hydrogens is 452 g/mol. The molecule has 0 heterocycles. The molecule has 0 saturated heterocycles. The van der Waals surface area contributed by atoms with E-state index in [4.69, 9.17) is 4.74 Å². The zero-order valence-electron chi connectivity index (χ0n) is 19.9. The summed E-state index contributed by atoms with van der Waals surface area (Å²) in [4.78, 5) is 25.2. The molecule has 1 amide bonds. The Hall–Kier alpha value is -3.65. The minimum absolute atomic E-state index is 0.0924. The Balaban J connectivity index is 1.99. The number of sulfonamides is 1. The van der Waals surface area contributed by atoms with Crippen molar-refractivity contribution in [3.8, 4) is 0 Å². The van der Waals surface area contributed by atoms with Crippen molar-refractivity contribution in [2.45, 2.75) is 32.6 Å². The van der Waals surface area contributed by atoms with Gasteiger partial charge in [-0.15, -0.1) is 0 Å². The van der Waals surface area contributed by atoms with Crippen molar-refractivity contribution in [1.82, 2.24) is 0 Å². The van der Waals surface area contributed by atoms with E-state index in [1.807, 2.05) is 32.9 Å². The first kappa shape index (κ1) is 25.0. The molecule has 0 atom stereocenters. The molecule has 3 aromatic rings. The first-order chi connectivity index (χ1) is 16.0. The number of amides is 1. The molecule has 3 aromatic carbocycles. The van der Waals surface area contributed by atoms with E-state index in [1.165, 1.54) is 19.2 Å². The quantitative estimate of drug-likeness (QED) is 0.501. The SMILES string of the molecule is COC(=O)c1cccc(NC(=O)CN(c2ccc(C)cc2C)S(=O)(=O)c2ccc(C)cc2)c1C. The lowest BCUT2D eigenvalue weighted by atomic mass is 10.1. The van der Waals surface area contributed by atoms with Crippen LogP contribution in [0.4, 0.5) is 11.4 Å². The molecule has 0 saturated carbocycles. The lowest BCUT2D eigenvalue weighted by molar-refractivity contribution is -0.114. The maximum Gasteiger partial charge on any atom is 0.338 e. The van der Waals surface area contributed by atoms with Crippen molar-refractivity contribution in [2.75, 3.05) is 23.3 Å². The molecule has 0 radical (unpaired) electrons. The molecule has 178 valence electrons. The fraction of sp³-hybridized carbons (Fsp3) is 0.231. The zero-order valence-corrected chi connectivity index (χ0v) is 20.7. The van der Waals surface area contributed by atoms with Gasteiger partial charge in [-0.3, -0.25) is 9.10 Å². The van der Waals surface area contributed by atoms with E-state index in [0.29, 0.717) is 22.5 Å². The Labute approximate surface area is 200 Å². The number of ether oxygens (including phenoxy) is 1. The van der Waals surface area contributed by atoms with Gasteiger partial charge in [0.1, 0.15) is 6.54 Å². The summed E-state index contributed by atoms with van der Waals surface area (Å²) in [5, 5.41) is 2.74. The molecule has 7 nitrogen and oxygen atoms in total. The summed E-state index contributed by atoms with van der Waals surface area (Å²) >= 11 is 0. The predicted molar refractivity (Wildman–Crippen MR) is 133 cm³/mol. The first-order valence-electron chi connectivity index (χ1n) is 10.7. The van der Waals surface area contributed by atoms with E-state index in [1.54, 1.807) is 43.3 Å². The van der Waals surface area contributed by atoms with Gasteiger partial charge >= 0.3 is 5.97 Å². The van der Waals surface area contributed by atoms with Crippen LogP contribution in [-0.2, 0) is 19.6 Å². The summed E-state index contributed by atoms with van der Waals surface area (Å²) in [6.45, 7) is 6.84. The average Bonchev–Trinajstić information content (AvgIpc) is 2.79. The number of rotatable bonds is 7. The van der Waals surface area contributed by atoms with E-state index < -0.39 is 28.4 Å². The molecule has 0 bridgehead atoms. The van der Waals surface area contributed by atoms with Crippen molar-refractivity contribution >= 4 is 33.3 Å². The summed E-state index contributed by atoms with van der Waals surface area (Å²) in [6.07, 6.45) is 0. The number of nitrogens with zero attached hydrogens (tertiary/aromatic N) is 1. The first-order valence-corrected chi connectivity index (χ1v) is 12.1. The van der Waals surface area contributed by atoms with Crippen molar-refractivity contribution in [3.63, 3.8) is 0 Å². The largest absolute Gasteiger partial charge is 0.465 e. The topological polar surface area (TPSA) is 92.8 Å². The van der Waals surface area contributed by atoms with Gasteiger partial charge < -0.3 is 10.1 Å². The van der Waals surface area contributed by atoms with Crippen LogP contribution >= 0.6 is 0 Å². The Morgan fingerprint density at radius 3 is 2.18 bits per heavy atom. The highest BCUT2D eigenvalue weighted by Gasteiger charge is 2.28. The van der Waals surface area contributed by atoms with E-state index in [-0.39, 0.29) is 4.90 Å². The van der Waals surface area contributed by atoms with Gasteiger partial charge in [0.25, 0.3) is 10.0 Å². The number of nitrogens with one attached hydrogen (secondary N) is 1. The summed E-state index contributed by atoms with van der Waals surface area (Å²) in [5.41, 5.74) is 4.31. The molecule has 0 aliphatic carbocycles. The smallest absolute Gasteiger partial charge is 0.338 e. The van der Waals surface area contributed by atoms with Gasteiger partial charge in [0.05, 0.1) is 23.3 Å². The molecule has 0 spiro atoms. The highest BCUT2D eigenvalue weighted by atomic mass is 32.2. The van der Waals surface area contributed by atoms with Crippen LogP contribution < -0.4 is 9.62 Å². The van der Waals surface area contributed by atoms with Crippen LogP contribution in [0.3, 0.4) is 0 Å². The Morgan fingerprint density at radius 1 is 0.912 bits per heavy atom. The van der Waals surface area contributed by atoms with Crippen molar-refractivity contribution in [1.29, 1.82) is 0 Å². The van der Waals surface area contributed by atoms with Crippen molar-refractivity contribution in [2.24, 2.45) is 0 Å². The highest BCUT2D eigenvalue weighted by molar-refractivity contribution is 7.92. The van der Waals surface area contributed by atoms with Crippen LogP contribution in [-0.4, -0.2) is 33.9 Å². The number of carbonyl (C=O) groups is 2. The molecule has 0 unspecified atom stereocenters. The number of carbonyl (C=O) groups excluding carboxylic acids is 2. The lowest BCUT2D eigenvalue weighted by Crippen LogP contribution is -2.38. The van der Waals surface area contributed by atoms with Crippen molar-refractivity contribution < 1.29 is 22.7 Å². The van der Waals surface area contributed by atoms with E-state index in [0.717, 1.165) is 21.0 Å². The minimum Gasteiger partial charge on any atom is -0.465 e. The maximum atomic E-state index is 13.6. The van der Waals surface area contributed by atoms with Crippen molar-refractivity contribution in [3.05, 3.63) is 88.5 Å². The number of methoxy groups -OCH3 is 1. The number of anilines is 2. The van der Waals surface area contributed by atoms with Gasteiger partial charge in [-0.2, -0.15) is 0 Å². The van der Waals surface area contributed by atoms with Crippen LogP contribution in [0.1, 0.15) is 32.6 Å². The van der Waals surface area contributed by atoms with Gasteiger partial charge in [0.15, 0.2) is 0 Å². The number of benzene rings is 3. The molecule has 0 aliphatic heterocycles. The van der Waals surface area contributed by atoms with Gasteiger partial charge in [-0.25, -0.2) is 13.2 Å². The van der Waals surface area contributed by atoms with Crippen LogP contribution in [0.5, 0.6) is 0 Å². The monoisotopic (exact) mass is 480 g/mol. The third kappa shape index (κ3) is 5.28. The van der Waals surface area contributed by atoms with Gasteiger partial charge in [-0.05, 0) is 69.2 Å². The molecule has 0 aliphatic rings. The molecule has 0 fully saturated rings. The molecule has 0 aromatic heterocycles. The lowest BCUT2D eigenvalue weighted by Gasteiger charge is -2.26. The molecule has 3 rings (SSSR count). The van der Waals surface area contributed by atoms with E-state index in [9.17, 15) is 18.0 Å². The molecular formula is C26H28N2O5S. The Kier molecular flexibility index (Phi) is 7.41. The minimum atomic E-state index is -4.03. The highest BCUT2D eigenvalue weighted by Crippen LogP contribution is 2.28. The number of esters is 1. The summed E-state index contributed by atoms with van der Waals surface area (Å²) < 4.78 is 33.1. The maximum absolute atomic E-state index is 13.6. The normalized spacial score (nSPS) is 11.1. The predicted octanol–water partition coefficient (Wildman–Crippen LogP) is 4.54. The van der Waals surface area contributed by atoms with Crippen LogP contribution in [0.2, 0.25) is 0 Å².